The number of ether oxygens (including phenoxy) is 1. The van der Waals surface area contributed by atoms with E-state index in [2.05, 4.69) is 4.98 Å². The predicted molar refractivity (Wildman–Crippen MR) is 114 cm³/mol. The second-order valence-corrected chi connectivity index (χ2v) is 6.68. The van der Waals surface area contributed by atoms with Crippen molar-refractivity contribution in [3.05, 3.63) is 124 Å². The highest BCUT2D eigenvalue weighted by molar-refractivity contribution is 5.51. The fraction of sp³-hybridized carbons (Fsp3) is 0.0833. The summed E-state index contributed by atoms with van der Waals surface area (Å²) in [5, 5.41) is 0. The first kappa shape index (κ1) is 18.5. The van der Waals surface area contributed by atoms with Gasteiger partial charge in [0.25, 0.3) is 0 Å². The Bertz CT molecular complexity index is 1110. The summed E-state index contributed by atoms with van der Waals surface area (Å²) in [7, 11) is 1.63. The van der Waals surface area contributed by atoms with Crippen molar-refractivity contribution in [3.63, 3.8) is 0 Å². The Kier molecular flexibility index (Phi) is 4.87. The van der Waals surface area contributed by atoms with Crippen LogP contribution in [0.5, 0.6) is 5.75 Å². The van der Waals surface area contributed by atoms with Gasteiger partial charge in [0.15, 0.2) is 0 Å². The van der Waals surface area contributed by atoms with Crippen LogP contribution in [-0.4, -0.2) is 16.7 Å². The number of hydrogen-bond acceptors (Lipinski definition) is 4. The number of nitrogen functional groups attached to an aromatic ring is 1. The Hall–Kier alpha value is -3.86. The molecule has 2 N–H and O–H groups in total. The van der Waals surface area contributed by atoms with Crippen molar-refractivity contribution in [1.82, 2.24) is 9.55 Å². The largest absolute Gasteiger partial charge is 0.497 e. The lowest BCUT2D eigenvalue weighted by atomic mass is 9.76. The summed E-state index contributed by atoms with van der Waals surface area (Å²) in [5.41, 5.74) is 7.21. The van der Waals surface area contributed by atoms with Crippen LogP contribution in [0.4, 0.5) is 5.82 Å². The number of benzene rings is 3. The molecule has 0 aliphatic heterocycles. The average molecular weight is 383 g/mol. The third-order valence-corrected chi connectivity index (χ3v) is 5.08. The minimum Gasteiger partial charge on any atom is -0.497 e. The second kappa shape index (κ2) is 7.64. The molecule has 5 heteroatoms. The molecule has 0 radical (unpaired) electrons. The van der Waals surface area contributed by atoms with Crippen LogP contribution in [0.2, 0.25) is 0 Å². The molecule has 0 aliphatic rings. The summed E-state index contributed by atoms with van der Waals surface area (Å²) in [6.45, 7) is 0. The van der Waals surface area contributed by atoms with Gasteiger partial charge in [-0.1, -0.05) is 72.8 Å². The Morgan fingerprint density at radius 3 is 1.79 bits per heavy atom. The van der Waals surface area contributed by atoms with Crippen molar-refractivity contribution in [3.8, 4) is 5.75 Å². The molecule has 1 aromatic heterocycles. The van der Waals surface area contributed by atoms with Gasteiger partial charge in [0.1, 0.15) is 17.1 Å². The van der Waals surface area contributed by atoms with Crippen LogP contribution >= 0.6 is 0 Å². The number of methoxy groups -OCH3 is 1. The lowest BCUT2D eigenvalue weighted by molar-refractivity contribution is 0.413. The molecular formula is C24H21N3O2. The van der Waals surface area contributed by atoms with Crippen molar-refractivity contribution in [2.45, 2.75) is 5.54 Å². The number of nitrogens with two attached hydrogens (primary N) is 1. The molecule has 4 aromatic rings. The molecule has 0 atom stereocenters. The quantitative estimate of drug-likeness (QED) is 0.534. The molecule has 4 rings (SSSR count). The van der Waals surface area contributed by atoms with Gasteiger partial charge in [0, 0.05) is 6.20 Å². The van der Waals surface area contributed by atoms with E-state index in [1.54, 1.807) is 23.9 Å². The first-order chi connectivity index (χ1) is 14.2. The molecule has 0 saturated heterocycles. The Labute approximate surface area is 169 Å². The zero-order valence-corrected chi connectivity index (χ0v) is 16.0. The van der Waals surface area contributed by atoms with Gasteiger partial charge in [0.2, 0.25) is 0 Å². The second-order valence-electron chi connectivity index (χ2n) is 6.68. The molecule has 0 aliphatic carbocycles. The molecule has 0 amide bonds. The van der Waals surface area contributed by atoms with Crippen molar-refractivity contribution in [1.29, 1.82) is 0 Å². The van der Waals surface area contributed by atoms with Crippen LogP contribution in [0.15, 0.2) is 102 Å². The molecule has 0 spiro atoms. The lowest BCUT2D eigenvalue weighted by Crippen LogP contribution is -2.44. The minimum atomic E-state index is -0.924. The fourth-order valence-electron chi connectivity index (χ4n) is 3.78. The predicted octanol–water partition coefficient (Wildman–Crippen LogP) is 3.67. The summed E-state index contributed by atoms with van der Waals surface area (Å²) in [5.74, 6) is 0.933. The van der Waals surface area contributed by atoms with E-state index in [9.17, 15) is 4.79 Å². The van der Waals surface area contributed by atoms with Crippen LogP contribution in [0, 0.1) is 0 Å². The molecule has 29 heavy (non-hydrogen) atoms. The highest BCUT2D eigenvalue weighted by Crippen LogP contribution is 2.40. The maximum Gasteiger partial charge on any atom is 0.350 e. The molecule has 0 saturated carbocycles. The summed E-state index contributed by atoms with van der Waals surface area (Å²) >= 11 is 0. The summed E-state index contributed by atoms with van der Waals surface area (Å²) < 4.78 is 6.98. The standard InChI is InChI=1S/C24H21N3O2/c1-29-21-14-12-20(13-15-21)24(18-8-4-2-5-9-18,19-10-6-3-7-11-19)27-17-16-22(25)26-23(27)28/h2-17H,1H3,(H2,25,26,28). The summed E-state index contributed by atoms with van der Waals surface area (Å²) in [6, 6.07) is 29.2. The van der Waals surface area contributed by atoms with Gasteiger partial charge in [-0.3, -0.25) is 4.57 Å². The van der Waals surface area contributed by atoms with Crippen LogP contribution < -0.4 is 16.2 Å². The van der Waals surface area contributed by atoms with Crippen molar-refractivity contribution >= 4 is 5.82 Å². The first-order valence-corrected chi connectivity index (χ1v) is 9.27. The molecule has 0 unspecified atom stereocenters. The highest BCUT2D eigenvalue weighted by atomic mass is 16.5. The summed E-state index contributed by atoms with van der Waals surface area (Å²) in [4.78, 5) is 17.1. The van der Waals surface area contributed by atoms with Crippen LogP contribution in [0.3, 0.4) is 0 Å². The number of anilines is 1. The van der Waals surface area contributed by atoms with E-state index in [1.807, 2.05) is 84.9 Å². The van der Waals surface area contributed by atoms with Crippen molar-refractivity contribution < 1.29 is 4.74 Å². The molecule has 0 fully saturated rings. The van der Waals surface area contributed by atoms with Gasteiger partial charge in [-0.2, -0.15) is 4.98 Å². The van der Waals surface area contributed by atoms with Gasteiger partial charge in [-0.25, -0.2) is 4.79 Å². The molecule has 0 bridgehead atoms. The summed E-state index contributed by atoms with van der Waals surface area (Å²) in [6.07, 6.45) is 1.70. The van der Waals surface area contributed by atoms with E-state index in [0.29, 0.717) is 0 Å². The van der Waals surface area contributed by atoms with Crippen LogP contribution in [0.25, 0.3) is 0 Å². The van der Waals surface area contributed by atoms with Gasteiger partial charge >= 0.3 is 5.69 Å². The van der Waals surface area contributed by atoms with Gasteiger partial charge in [0.05, 0.1) is 7.11 Å². The molecule has 1 heterocycles. The third-order valence-electron chi connectivity index (χ3n) is 5.08. The van der Waals surface area contributed by atoms with Crippen molar-refractivity contribution in [2.24, 2.45) is 0 Å². The van der Waals surface area contributed by atoms with Gasteiger partial charge < -0.3 is 10.5 Å². The van der Waals surface area contributed by atoms with Gasteiger partial charge in [-0.15, -0.1) is 0 Å². The van der Waals surface area contributed by atoms with Crippen molar-refractivity contribution in [2.75, 3.05) is 12.8 Å². The lowest BCUT2D eigenvalue weighted by Gasteiger charge is -2.37. The highest BCUT2D eigenvalue weighted by Gasteiger charge is 2.39. The van der Waals surface area contributed by atoms with E-state index in [-0.39, 0.29) is 5.82 Å². The zero-order valence-electron chi connectivity index (χ0n) is 16.0. The van der Waals surface area contributed by atoms with E-state index < -0.39 is 11.2 Å². The fourth-order valence-corrected chi connectivity index (χ4v) is 3.78. The number of nitrogens with zero attached hydrogens (tertiary/aromatic N) is 2. The maximum atomic E-state index is 13.1. The minimum absolute atomic E-state index is 0.191. The zero-order chi connectivity index (χ0) is 20.3. The van der Waals surface area contributed by atoms with E-state index in [1.165, 1.54) is 0 Å². The van der Waals surface area contributed by atoms with E-state index in [0.717, 1.165) is 22.4 Å². The molecular weight excluding hydrogens is 362 g/mol. The average Bonchev–Trinajstić information content (AvgIpc) is 2.77. The van der Waals surface area contributed by atoms with E-state index >= 15 is 0 Å². The third kappa shape index (κ3) is 3.17. The van der Waals surface area contributed by atoms with E-state index in [4.69, 9.17) is 10.5 Å². The number of rotatable bonds is 5. The normalized spacial score (nSPS) is 11.2. The maximum absolute atomic E-state index is 13.1. The van der Waals surface area contributed by atoms with Crippen LogP contribution in [-0.2, 0) is 5.54 Å². The Morgan fingerprint density at radius 1 is 0.793 bits per heavy atom. The monoisotopic (exact) mass is 383 g/mol. The Balaban J connectivity index is 2.15. The number of hydrogen-bond donors (Lipinski definition) is 1. The smallest absolute Gasteiger partial charge is 0.350 e. The Morgan fingerprint density at radius 2 is 1.31 bits per heavy atom. The number of aromatic nitrogens is 2. The molecule has 3 aromatic carbocycles. The topological polar surface area (TPSA) is 70.1 Å². The molecule has 144 valence electrons. The SMILES string of the molecule is COc1ccc(C(c2ccccc2)(c2ccccc2)n2ccc(N)nc2=O)cc1. The van der Waals surface area contributed by atoms with Gasteiger partial charge in [-0.05, 0) is 34.9 Å². The molecule has 5 nitrogen and oxygen atoms in total. The first-order valence-electron chi connectivity index (χ1n) is 9.27. The van der Waals surface area contributed by atoms with Crippen LogP contribution in [0.1, 0.15) is 16.7 Å².